The number of ether oxygens (including phenoxy) is 1. The van der Waals surface area contributed by atoms with E-state index in [2.05, 4.69) is 0 Å². The van der Waals surface area contributed by atoms with Crippen LogP contribution in [0.15, 0.2) is 24.3 Å². The number of hydrogen-bond acceptors (Lipinski definition) is 2. The molecule has 0 spiro atoms. The zero-order chi connectivity index (χ0) is 13.5. The highest BCUT2D eigenvalue weighted by molar-refractivity contribution is 6.30. The molecule has 1 amide bonds. The third kappa shape index (κ3) is 4.57. The number of halogens is 1. The van der Waals surface area contributed by atoms with Crippen molar-refractivity contribution < 1.29 is 9.53 Å². The molecule has 0 fully saturated rings. The molecule has 0 aromatic heterocycles. The van der Waals surface area contributed by atoms with Gasteiger partial charge >= 0.3 is 0 Å². The van der Waals surface area contributed by atoms with Gasteiger partial charge in [0.15, 0.2) is 0 Å². The first-order chi connectivity index (χ1) is 8.54. The van der Waals surface area contributed by atoms with Crippen LogP contribution in [0.25, 0.3) is 0 Å². The number of hydrogen-bond donors (Lipinski definition) is 0. The van der Waals surface area contributed by atoms with Crippen LogP contribution in [0, 0.1) is 5.92 Å². The minimum absolute atomic E-state index is 0.0705. The molecule has 0 aliphatic heterocycles. The predicted octanol–water partition coefficient (Wildman–Crippen LogP) is 3.22. The van der Waals surface area contributed by atoms with Gasteiger partial charge in [-0.05, 0) is 24.6 Å². The fraction of sp³-hybridized carbons (Fsp3) is 0.500. The maximum absolute atomic E-state index is 11.8. The van der Waals surface area contributed by atoms with Gasteiger partial charge < -0.3 is 9.64 Å². The van der Waals surface area contributed by atoms with Crippen LogP contribution in [-0.4, -0.2) is 31.0 Å². The molecule has 0 bridgehead atoms. The molecular weight excluding hydrogens is 250 g/mol. The van der Waals surface area contributed by atoms with Crippen molar-refractivity contribution in [3.05, 3.63) is 29.3 Å². The fourth-order valence-corrected chi connectivity index (χ4v) is 1.70. The first-order valence-electron chi connectivity index (χ1n) is 6.18. The number of carbonyl (C=O) groups excluding carboxylic acids is 1. The summed E-state index contributed by atoms with van der Waals surface area (Å²) in [5.74, 6) is 0.959. The molecule has 1 unspecified atom stereocenters. The molecule has 3 nitrogen and oxygen atoms in total. The maximum atomic E-state index is 11.8. The van der Waals surface area contributed by atoms with Crippen molar-refractivity contribution in [1.82, 2.24) is 4.90 Å². The Bertz CT molecular complexity index is 395. The number of rotatable bonds is 6. The minimum Gasteiger partial charge on any atom is -0.492 e. The van der Waals surface area contributed by atoms with Gasteiger partial charge in [0.25, 0.3) is 0 Å². The molecule has 0 N–H and O–H groups in total. The molecule has 1 aromatic rings. The first kappa shape index (κ1) is 14.8. The lowest BCUT2D eigenvalue weighted by Gasteiger charge is -2.20. The van der Waals surface area contributed by atoms with E-state index in [1.54, 1.807) is 24.1 Å². The van der Waals surface area contributed by atoms with Crippen LogP contribution in [0.4, 0.5) is 0 Å². The molecule has 0 aliphatic carbocycles. The Morgan fingerprint density at radius 1 is 1.50 bits per heavy atom. The summed E-state index contributed by atoms with van der Waals surface area (Å²) in [6, 6.07) is 7.25. The van der Waals surface area contributed by atoms with Crippen LogP contribution in [0.5, 0.6) is 5.75 Å². The van der Waals surface area contributed by atoms with Crippen LogP contribution in [0.2, 0.25) is 5.02 Å². The van der Waals surface area contributed by atoms with E-state index in [9.17, 15) is 4.79 Å². The summed E-state index contributed by atoms with van der Waals surface area (Å²) in [6.45, 7) is 5.00. The Morgan fingerprint density at radius 3 is 2.83 bits per heavy atom. The fourth-order valence-electron chi connectivity index (χ4n) is 1.52. The second-order valence-corrected chi connectivity index (χ2v) is 4.81. The van der Waals surface area contributed by atoms with Gasteiger partial charge in [0.1, 0.15) is 12.4 Å². The topological polar surface area (TPSA) is 29.5 Å². The van der Waals surface area contributed by atoms with Crippen LogP contribution < -0.4 is 4.74 Å². The van der Waals surface area contributed by atoms with Crippen LogP contribution in [0.1, 0.15) is 20.3 Å². The van der Waals surface area contributed by atoms with Crippen LogP contribution >= 0.6 is 11.6 Å². The van der Waals surface area contributed by atoms with Crippen molar-refractivity contribution in [2.24, 2.45) is 5.92 Å². The highest BCUT2D eigenvalue weighted by Crippen LogP contribution is 2.17. The lowest BCUT2D eigenvalue weighted by atomic mass is 10.1. The van der Waals surface area contributed by atoms with Crippen LogP contribution in [0.3, 0.4) is 0 Å². The SMILES string of the molecule is CCC(C)C(=O)N(C)CCOc1cccc(Cl)c1. The van der Waals surface area contributed by atoms with Gasteiger partial charge in [-0.25, -0.2) is 0 Å². The molecular formula is C14H20ClNO2. The normalized spacial score (nSPS) is 12.0. The van der Waals surface area contributed by atoms with Gasteiger partial charge in [-0.15, -0.1) is 0 Å². The van der Waals surface area contributed by atoms with E-state index >= 15 is 0 Å². The zero-order valence-corrected chi connectivity index (χ0v) is 11.9. The van der Waals surface area contributed by atoms with Crippen molar-refractivity contribution in [1.29, 1.82) is 0 Å². The molecule has 0 radical (unpaired) electrons. The molecule has 1 rings (SSSR count). The largest absolute Gasteiger partial charge is 0.492 e. The lowest BCUT2D eigenvalue weighted by molar-refractivity contribution is -0.134. The highest BCUT2D eigenvalue weighted by atomic mass is 35.5. The smallest absolute Gasteiger partial charge is 0.225 e. The van der Waals surface area contributed by atoms with E-state index in [0.29, 0.717) is 18.2 Å². The summed E-state index contributed by atoms with van der Waals surface area (Å²) in [5, 5.41) is 0.650. The van der Waals surface area contributed by atoms with E-state index < -0.39 is 0 Å². The summed E-state index contributed by atoms with van der Waals surface area (Å²) in [6.07, 6.45) is 0.859. The summed E-state index contributed by atoms with van der Waals surface area (Å²) < 4.78 is 5.54. The summed E-state index contributed by atoms with van der Waals surface area (Å²) in [4.78, 5) is 13.5. The Hall–Kier alpha value is -1.22. The van der Waals surface area contributed by atoms with Crippen molar-refractivity contribution in [3.8, 4) is 5.75 Å². The number of nitrogens with zero attached hydrogens (tertiary/aromatic N) is 1. The zero-order valence-electron chi connectivity index (χ0n) is 11.1. The molecule has 0 saturated heterocycles. The number of likely N-dealkylation sites (N-methyl/N-ethyl adjacent to an activating group) is 1. The molecule has 0 heterocycles. The monoisotopic (exact) mass is 269 g/mol. The number of carbonyl (C=O) groups is 1. The average Bonchev–Trinajstić information content (AvgIpc) is 2.36. The van der Waals surface area contributed by atoms with Crippen molar-refractivity contribution in [3.63, 3.8) is 0 Å². The second-order valence-electron chi connectivity index (χ2n) is 4.37. The van der Waals surface area contributed by atoms with E-state index in [1.807, 2.05) is 26.0 Å². The maximum Gasteiger partial charge on any atom is 0.225 e. The van der Waals surface area contributed by atoms with Gasteiger partial charge in [-0.3, -0.25) is 4.79 Å². The summed E-state index contributed by atoms with van der Waals surface area (Å²) >= 11 is 5.85. The van der Waals surface area contributed by atoms with E-state index in [1.165, 1.54) is 0 Å². The van der Waals surface area contributed by atoms with Crippen molar-refractivity contribution in [2.75, 3.05) is 20.2 Å². The Morgan fingerprint density at radius 2 is 2.22 bits per heavy atom. The van der Waals surface area contributed by atoms with E-state index in [0.717, 1.165) is 12.2 Å². The minimum atomic E-state index is 0.0705. The van der Waals surface area contributed by atoms with Gasteiger partial charge in [0.2, 0.25) is 5.91 Å². The van der Waals surface area contributed by atoms with E-state index in [-0.39, 0.29) is 11.8 Å². The van der Waals surface area contributed by atoms with Gasteiger partial charge in [-0.1, -0.05) is 31.5 Å². The highest BCUT2D eigenvalue weighted by Gasteiger charge is 2.15. The van der Waals surface area contributed by atoms with Gasteiger partial charge in [0, 0.05) is 18.0 Å². The van der Waals surface area contributed by atoms with E-state index in [4.69, 9.17) is 16.3 Å². The molecule has 0 saturated carbocycles. The molecule has 18 heavy (non-hydrogen) atoms. The van der Waals surface area contributed by atoms with Gasteiger partial charge in [0.05, 0.1) is 6.54 Å². The van der Waals surface area contributed by atoms with Crippen LogP contribution in [-0.2, 0) is 4.79 Å². The quantitative estimate of drug-likeness (QED) is 0.794. The first-order valence-corrected chi connectivity index (χ1v) is 6.55. The Labute approximate surface area is 114 Å². The molecule has 4 heteroatoms. The Balaban J connectivity index is 2.35. The standard InChI is InChI=1S/C14H20ClNO2/c1-4-11(2)14(17)16(3)8-9-18-13-7-5-6-12(15)10-13/h5-7,10-11H,4,8-9H2,1-3H3. The molecule has 0 aliphatic rings. The van der Waals surface area contributed by atoms with Crippen molar-refractivity contribution >= 4 is 17.5 Å². The third-order valence-electron chi connectivity index (χ3n) is 2.90. The van der Waals surface area contributed by atoms with Gasteiger partial charge in [-0.2, -0.15) is 0 Å². The third-order valence-corrected chi connectivity index (χ3v) is 3.14. The second kappa shape index (κ2) is 7.27. The summed E-state index contributed by atoms with van der Waals surface area (Å²) in [5.41, 5.74) is 0. The van der Waals surface area contributed by atoms with Crippen molar-refractivity contribution in [2.45, 2.75) is 20.3 Å². The molecule has 1 atom stereocenters. The number of benzene rings is 1. The lowest BCUT2D eigenvalue weighted by Crippen LogP contribution is -2.34. The average molecular weight is 270 g/mol. The molecule has 1 aromatic carbocycles. The Kier molecular flexibility index (Phi) is 5.99. The summed E-state index contributed by atoms with van der Waals surface area (Å²) in [7, 11) is 1.80. The predicted molar refractivity (Wildman–Crippen MR) is 74.0 cm³/mol. The number of amides is 1. The molecule has 100 valence electrons.